The van der Waals surface area contributed by atoms with Gasteiger partial charge in [-0.15, -0.1) is 0 Å². The third-order valence-electron chi connectivity index (χ3n) is 2.38. The third kappa shape index (κ3) is 1.57. The first-order valence-electron chi connectivity index (χ1n) is 4.61. The number of methoxy groups -OCH3 is 2. The second-order valence-corrected chi connectivity index (χ2v) is 3.99. The molecule has 0 saturated carbocycles. The lowest BCUT2D eigenvalue weighted by molar-refractivity contribution is 0.0603. The van der Waals surface area contributed by atoms with Gasteiger partial charge in [0.05, 0.1) is 29.8 Å². The minimum atomic E-state index is -0.358. The van der Waals surface area contributed by atoms with E-state index in [1.54, 1.807) is 19.4 Å². The molecule has 0 aliphatic rings. The van der Waals surface area contributed by atoms with Crippen LogP contribution in [0.1, 0.15) is 10.4 Å². The van der Waals surface area contributed by atoms with Crippen molar-refractivity contribution in [2.75, 3.05) is 14.2 Å². The largest absolute Gasteiger partial charge is 0.495 e. The lowest BCUT2D eigenvalue weighted by atomic mass is 10.2. The van der Waals surface area contributed by atoms with Crippen LogP contribution in [-0.2, 0) is 4.74 Å². The maximum absolute atomic E-state index is 11.5. The van der Waals surface area contributed by atoms with Crippen LogP contribution >= 0.6 is 15.9 Å². The van der Waals surface area contributed by atoms with E-state index in [4.69, 9.17) is 9.47 Å². The molecule has 1 heterocycles. The van der Waals surface area contributed by atoms with Crippen molar-refractivity contribution in [2.45, 2.75) is 0 Å². The molecule has 2 rings (SSSR count). The molecular formula is C11H10BrNO3. The number of esters is 1. The SMILES string of the molecule is COC(=O)c1c[nH]c2c(Br)c(OC)ccc12. The van der Waals surface area contributed by atoms with Crippen LogP contribution in [0.25, 0.3) is 10.9 Å². The molecule has 0 amide bonds. The van der Waals surface area contributed by atoms with Gasteiger partial charge in [0.2, 0.25) is 0 Å². The number of benzene rings is 1. The summed E-state index contributed by atoms with van der Waals surface area (Å²) in [6.07, 6.45) is 1.63. The Balaban J connectivity index is 2.67. The van der Waals surface area contributed by atoms with E-state index in [2.05, 4.69) is 20.9 Å². The highest BCUT2D eigenvalue weighted by molar-refractivity contribution is 9.10. The van der Waals surface area contributed by atoms with E-state index in [0.717, 1.165) is 15.4 Å². The summed E-state index contributed by atoms with van der Waals surface area (Å²) >= 11 is 3.42. The highest BCUT2D eigenvalue weighted by atomic mass is 79.9. The van der Waals surface area contributed by atoms with Gasteiger partial charge in [-0.1, -0.05) is 0 Å². The Bertz CT molecular complexity index is 547. The fourth-order valence-corrected chi connectivity index (χ4v) is 2.20. The molecule has 0 radical (unpaired) electrons. The number of halogens is 1. The first-order valence-corrected chi connectivity index (χ1v) is 5.40. The van der Waals surface area contributed by atoms with Crippen LogP contribution in [0.5, 0.6) is 5.75 Å². The van der Waals surface area contributed by atoms with Gasteiger partial charge in [0.15, 0.2) is 0 Å². The van der Waals surface area contributed by atoms with Crippen LogP contribution in [0.4, 0.5) is 0 Å². The standard InChI is InChI=1S/C11H10BrNO3/c1-15-8-4-3-6-7(11(14)16-2)5-13-10(6)9(8)12/h3-5,13H,1-2H3. The molecule has 84 valence electrons. The molecule has 4 nitrogen and oxygen atoms in total. The van der Waals surface area contributed by atoms with Gasteiger partial charge in [-0.05, 0) is 28.1 Å². The van der Waals surface area contributed by atoms with E-state index in [1.165, 1.54) is 7.11 Å². The van der Waals surface area contributed by atoms with Crippen molar-refractivity contribution in [1.29, 1.82) is 0 Å². The van der Waals surface area contributed by atoms with E-state index < -0.39 is 0 Å². The van der Waals surface area contributed by atoms with Crippen LogP contribution < -0.4 is 4.74 Å². The normalized spacial score (nSPS) is 10.4. The number of hydrogen-bond acceptors (Lipinski definition) is 3. The molecule has 1 aromatic carbocycles. The van der Waals surface area contributed by atoms with Gasteiger partial charge in [-0.2, -0.15) is 0 Å². The zero-order valence-corrected chi connectivity index (χ0v) is 10.4. The van der Waals surface area contributed by atoms with E-state index in [-0.39, 0.29) is 5.97 Å². The van der Waals surface area contributed by atoms with Crippen molar-refractivity contribution >= 4 is 32.8 Å². The van der Waals surface area contributed by atoms with E-state index in [1.807, 2.05) is 6.07 Å². The van der Waals surface area contributed by atoms with Crippen molar-refractivity contribution in [1.82, 2.24) is 4.98 Å². The number of rotatable bonds is 2. The smallest absolute Gasteiger partial charge is 0.340 e. The Morgan fingerprint density at radius 2 is 2.12 bits per heavy atom. The first-order chi connectivity index (χ1) is 7.69. The first kappa shape index (κ1) is 11.0. The van der Waals surface area contributed by atoms with Crippen molar-refractivity contribution in [3.63, 3.8) is 0 Å². The number of nitrogens with one attached hydrogen (secondary N) is 1. The summed E-state index contributed by atoms with van der Waals surface area (Å²) in [5, 5.41) is 0.805. The molecule has 5 heteroatoms. The van der Waals surface area contributed by atoms with E-state index in [0.29, 0.717) is 11.3 Å². The van der Waals surface area contributed by atoms with Crippen LogP contribution in [0, 0.1) is 0 Å². The molecule has 1 N–H and O–H groups in total. The number of aromatic nitrogens is 1. The maximum atomic E-state index is 11.5. The van der Waals surface area contributed by atoms with E-state index >= 15 is 0 Å². The molecule has 2 aromatic rings. The molecule has 0 saturated heterocycles. The zero-order chi connectivity index (χ0) is 11.7. The number of carbonyl (C=O) groups is 1. The van der Waals surface area contributed by atoms with Gasteiger partial charge in [0.1, 0.15) is 5.75 Å². The molecule has 0 spiro atoms. The molecule has 0 fully saturated rings. The summed E-state index contributed by atoms with van der Waals surface area (Å²) in [6.45, 7) is 0. The average Bonchev–Trinajstić information content (AvgIpc) is 2.73. The Morgan fingerprint density at radius 3 is 2.75 bits per heavy atom. The minimum absolute atomic E-state index is 0.358. The van der Waals surface area contributed by atoms with Crippen molar-refractivity contribution in [2.24, 2.45) is 0 Å². The molecule has 0 atom stereocenters. The summed E-state index contributed by atoms with van der Waals surface area (Å²) in [7, 11) is 2.95. The van der Waals surface area contributed by atoms with Gasteiger partial charge >= 0.3 is 5.97 Å². The predicted molar refractivity (Wildman–Crippen MR) is 63.9 cm³/mol. The lowest BCUT2D eigenvalue weighted by Gasteiger charge is -2.04. The number of H-pyrrole nitrogens is 1. The predicted octanol–water partition coefficient (Wildman–Crippen LogP) is 2.73. The van der Waals surface area contributed by atoms with Crippen LogP contribution in [-0.4, -0.2) is 25.2 Å². The number of aromatic amines is 1. The van der Waals surface area contributed by atoms with Gasteiger partial charge in [0, 0.05) is 11.6 Å². The minimum Gasteiger partial charge on any atom is -0.495 e. The average molecular weight is 284 g/mol. The molecule has 1 aromatic heterocycles. The van der Waals surface area contributed by atoms with Gasteiger partial charge in [-0.25, -0.2) is 4.79 Å². The Hall–Kier alpha value is -1.49. The fourth-order valence-electron chi connectivity index (χ4n) is 1.58. The van der Waals surface area contributed by atoms with Gasteiger partial charge in [-0.3, -0.25) is 0 Å². The molecule has 0 aliphatic carbocycles. The van der Waals surface area contributed by atoms with Crippen LogP contribution in [0.2, 0.25) is 0 Å². The lowest BCUT2D eigenvalue weighted by Crippen LogP contribution is -1.99. The summed E-state index contributed by atoms with van der Waals surface area (Å²) in [6, 6.07) is 3.62. The number of hydrogen-bond donors (Lipinski definition) is 1. The Morgan fingerprint density at radius 1 is 1.38 bits per heavy atom. The number of carbonyl (C=O) groups excluding carboxylic acids is 1. The fraction of sp³-hybridized carbons (Fsp3) is 0.182. The molecule has 0 unspecified atom stereocenters. The maximum Gasteiger partial charge on any atom is 0.340 e. The highest BCUT2D eigenvalue weighted by Crippen LogP contribution is 2.33. The summed E-state index contributed by atoms with van der Waals surface area (Å²) in [5.41, 5.74) is 1.33. The third-order valence-corrected chi connectivity index (χ3v) is 3.17. The zero-order valence-electron chi connectivity index (χ0n) is 8.83. The van der Waals surface area contributed by atoms with E-state index in [9.17, 15) is 4.79 Å². The molecular weight excluding hydrogens is 274 g/mol. The van der Waals surface area contributed by atoms with Gasteiger partial charge < -0.3 is 14.5 Å². The second kappa shape index (κ2) is 4.17. The van der Waals surface area contributed by atoms with Crippen molar-refractivity contribution < 1.29 is 14.3 Å². The van der Waals surface area contributed by atoms with Crippen molar-refractivity contribution in [3.05, 3.63) is 28.4 Å². The Labute approximate surface area is 101 Å². The number of ether oxygens (including phenoxy) is 2. The molecule has 0 bridgehead atoms. The monoisotopic (exact) mass is 283 g/mol. The Kier molecular flexibility index (Phi) is 2.87. The second-order valence-electron chi connectivity index (χ2n) is 3.20. The topological polar surface area (TPSA) is 51.3 Å². The highest BCUT2D eigenvalue weighted by Gasteiger charge is 2.15. The van der Waals surface area contributed by atoms with Crippen LogP contribution in [0.3, 0.4) is 0 Å². The quantitative estimate of drug-likeness (QED) is 0.863. The number of fused-ring (bicyclic) bond motifs is 1. The van der Waals surface area contributed by atoms with Crippen LogP contribution in [0.15, 0.2) is 22.8 Å². The summed E-state index contributed by atoms with van der Waals surface area (Å²) in [5.74, 6) is 0.356. The summed E-state index contributed by atoms with van der Waals surface area (Å²) < 4.78 is 10.7. The molecule has 0 aliphatic heterocycles. The molecule has 16 heavy (non-hydrogen) atoms. The summed E-state index contributed by atoms with van der Waals surface area (Å²) in [4.78, 5) is 14.5. The van der Waals surface area contributed by atoms with Gasteiger partial charge in [0.25, 0.3) is 0 Å². The van der Waals surface area contributed by atoms with Crippen molar-refractivity contribution in [3.8, 4) is 5.75 Å².